The first-order chi connectivity index (χ1) is 12.1. The molecule has 26 heavy (non-hydrogen) atoms. The van der Waals surface area contributed by atoms with Crippen LogP contribution in [0, 0.1) is 5.92 Å². The maximum atomic E-state index is 12.7. The van der Waals surface area contributed by atoms with Crippen LogP contribution in [0.15, 0.2) is 40.2 Å². The van der Waals surface area contributed by atoms with E-state index in [1.54, 1.807) is 18.2 Å². The van der Waals surface area contributed by atoms with Gasteiger partial charge in [-0.05, 0) is 30.2 Å². The van der Waals surface area contributed by atoms with Crippen molar-refractivity contribution in [2.24, 2.45) is 16.6 Å². The van der Waals surface area contributed by atoms with Crippen molar-refractivity contribution in [1.29, 1.82) is 0 Å². The summed E-state index contributed by atoms with van der Waals surface area (Å²) < 4.78 is 81.4. The fraction of sp³-hybridized carbons (Fsp3) is 0.375. The molecular weight excluding hydrogens is 364 g/mol. The van der Waals surface area contributed by atoms with Crippen LogP contribution in [0.25, 0.3) is 11.3 Å². The standard InChI is InChI=1S/C16H13F6N3O/c17-15(18,19)14(16(20,21)22)5-10(23)12-4-9-3-8(1-2-11(9)25-12)13-6-24-7-26-13/h1-3,6-7,10,14H,4-5,23H2. The normalized spacial score (nSPS) is 15.9. The Balaban J connectivity index is 1.76. The lowest BCUT2D eigenvalue weighted by molar-refractivity contribution is -0.285. The maximum Gasteiger partial charge on any atom is 0.400 e. The third kappa shape index (κ3) is 3.74. The van der Waals surface area contributed by atoms with Gasteiger partial charge in [-0.15, -0.1) is 0 Å². The van der Waals surface area contributed by atoms with E-state index < -0.39 is 30.7 Å². The number of nitrogens with zero attached hydrogens (tertiary/aromatic N) is 2. The van der Waals surface area contributed by atoms with Crippen molar-refractivity contribution in [2.45, 2.75) is 31.2 Å². The van der Waals surface area contributed by atoms with Crippen LogP contribution in [0.3, 0.4) is 0 Å². The van der Waals surface area contributed by atoms with Crippen LogP contribution in [0.1, 0.15) is 12.0 Å². The summed E-state index contributed by atoms with van der Waals surface area (Å²) in [5, 5.41) is 0. The molecule has 1 aliphatic rings. The number of hydrogen-bond donors (Lipinski definition) is 1. The summed E-state index contributed by atoms with van der Waals surface area (Å²) in [6.07, 6.45) is -9.31. The Morgan fingerprint density at radius 3 is 2.38 bits per heavy atom. The fourth-order valence-electron chi connectivity index (χ4n) is 2.79. The molecule has 2 heterocycles. The first-order valence-electron chi connectivity index (χ1n) is 7.54. The number of hydrogen-bond acceptors (Lipinski definition) is 4. The number of aromatic nitrogens is 1. The Morgan fingerprint density at radius 1 is 1.12 bits per heavy atom. The van der Waals surface area contributed by atoms with Gasteiger partial charge in [0.15, 0.2) is 18.1 Å². The molecule has 4 nitrogen and oxygen atoms in total. The molecule has 0 radical (unpaired) electrons. The van der Waals surface area contributed by atoms with E-state index >= 15 is 0 Å². The van der Waals surface area contributed by atoms with Crippen LogP contribution in [0.5, 0.6) is 0 Å². The highest BCUT2D eigenvalue weighted by atomic mass is 19.4. The van der Waals surface area contributed by atoms with Gasteiger partial charge in [-0.2, -0.15) is 26.3 Å². The van der Waals surface area contributed by atoms with Crippen LogP contribution >= 0.6 is 0 Å². The zero-order valence-corrected chi connectivity index (χ0v) is 13.1. The van der Waals surface area contributed by atoms with Crippen molar-refractivity contribution < 1.29 is 30.8 Å². The molecule has 1 unspecified atom stereocenters. The molecule has 0 spiro atoms. The zero-order chi connectivity index (χ0) is 19.1. The molecule has 10 heteroatoms. The van der Waals surface area contributed by atoms with Crippen molar-refractivity contribution >= 4 is 11.4 Å². The van der Waals surface area contributed by atoms with Gasteiger partial charge in [0.2, 0.25) is 0 Å². The number of alkyl halides is 6. The van der Waals surface area contributed by atoms with Gasteiger partial charge >= 0.3 is 12.4 Å². The molecule has 2 N–H and O–H groups in total. The second kappa shape index (κ2) is 6.42. The lowest BCUT2D eigenvalue weighted by atomic mass is 9.94. The maximum absolute atomic E-state index is 12.7. The molecule has 3 rings (SSSR count). The molecule has 2 aromatic rings. The quantitative estimate of drug-likeness (QED) is 0.802. The number of rotatable bonds is 4. The van der Waals surface area contributed by atoms with Crippen LogP contribution in [-0.2, 0) is 6.42 Å². The first kappa shape index (κ1) is 18.4. The second-order valence-electron chi connectivity index (χ2n) is 5.97. The minimum absolute atomic E-state index is 0.0842. The molecule has 0 bridgehead atoms. The highest BCUT2D eigenvalue weighted by molar-refractivity contribution is 5.98. The molecule has 0 fully saturated rings. The van der Waals surface area contributed by atoms with Gasteiger partial charge in [0, 0.05) is 23.7 Å². The van der Waals surface area contributed by atoms with Crippen LogP contribution in [0.2, 0.25) is 0 Å². The van der Waals surface area contributed by atoms with Gasteiger partial charge in [0.1, 0.15) is 0 Å². The van der Waals surface area contributed by atoms with E-state index in [4.69, 9.17) is 10.2 Å². The summed E-state index contributed by atoms with van der Waals surface area (Å²) in [7, 11) is 0. The fourth-order valence-corrected chi connectivity index (χ4v) is 2.79. The predicted molar refractivity (Wildman–Crippen MR) is 80.9 cm³/mol. The summed E-state index contributed by atoms with van der Waals surface area (Å²) in [6.45, 7) is 0. The molecule has 0 amide bonds. The summed E-state index contributed by atoms with van der Waals surface area (Å²) in [4.78, 5) is 7.89. The van der Waals surface area contributed by atoms with Gasteiger partial charge in [-0.1, -0.05) is 0 Å². The number of benzene rings is 1. The lowest BCUT2D eigenvalue weighted by Gasteiger charge is -2.25. The van der Waals surface area contributed by atoms with Crippen molar-refractivity contribution in [2.75, 3.05) is 0 Å². The third-order valence-electron chi connectivity index (χ3n) is 4.14. The molecule has 1 aliphatic heterocycles. The highest BCUT2D eigenvalue weighted by Crippen LogP contribution is 2.42. The van der Waals surface area contributed by atoms with Gasteiger partial charge < -0.3 is 10.2 Å². The molecule has 1 atom stereocenters. The Labute approximate surface area is 143 Å². The lowest BCUT2D eigenvalue weighted by Crippen LogP contribution is -2.43. The zero-order valence-electron chi connectivity index (χ0n) is 13.1. The Kier molecular flexibility index (Phi) is 4.55. The number of halogens is 6. The smallest absolute Gasteiger partial charge is 0.400 e. The minimum atomic E-state index is -5.42. The molecule has 0 saturated carbocycles. The van der Waals surface area contributed by atoms with Crippen LogP contribution < -0.4 is 5.73 Å². The average molecular weight is 377 g/mol. The van der Waals surface area contributed by atoms with E-state index in [-0.39, 0.29) is 12.1 Å². The van der Waals surface area contributed by atoms with Crippen molar-refractivity contribution in [3.63, 3.8) is 0 Å². The Morgan fingerprint density at radius 2 is 1.81 bits per heavy atom. The molecule has 1 aromatic carbocycles. The van der Waals surface area contributed by atoms with Gasteiger partial charge in [0.25, 0.3) is 0 Å². The van der Waals surface area contributed by atoms with Gasteiger partial charge in [-0.3, -0.25) is 4.99 Å². The summed E-state index contributed by atoms with van der Waals surface area (Å²) in [5.74, 6) is -3.00. The Hall–Kier alpha value is -2.36. The van der Waals surface area contributed by atoms with E-state index in [0.29, 0.717) is 22.6 Å². The second-order valence-corrected chi connectivity index (χ2v) is 5.97. The van der Waals surface area contributed by atoms with Crippen molar-refractivity contribution in [3.05, 3.63) is 36.4 Å². The van der Waals surface area contributed by atoms with Crippen LogP contribution in [0.4, 0.5) is 32.0 Å². The number of aliphatic imine (C=N–C) groups is 1. The predicted octanol–water partition coefficient (Wildman–Crippen LogP) is 4.43. The summed E-state index contributed by atoms with van der Waals surface area (Å²) >= 11 is 0. The van der Waals surface area contributed by atoms with E-state index in [0.717, 1.165) is 0 Å². The van der Waals surface area contributed by atoms with E-state index in [2.05, 4.69) is 9.98 Å². The molecule has 0 aliphatic carbocycles. The van der Waals surface area contributed by atoms with E-state index in [1.165, 1.54) is 12.6 Å². The van der Waals surface area contributed by atoms with E-state index in [9.17, 15) is 26.3 Å². The van der Waals surface area contributed by atoms with E-state index in [1.807, 2.05) is 0 Å². The van der Waals surface area contributed by atoms with Crippen LogP contribution in [-0.4, -0.2) is 29.1 Å². The monoisotopic (exact) mass is 377 g/mol. The topological polar surface area (TPSA) is 64.4 Å². The van der Waals surface area contributed by atoms with Gasteiger partial charge in [-0.25, -0.2) is 4.98 Å². The molecular formula is C16H13F6N3O. The molecule has 0 saturated heterocycles. The van der Waals surface area contributed by atoms with Gasteiger partial charge in [0.05, 0.1) is 11.9 Å². The minimum Gasteiger partial charge on any atom is -0.444 e. The Bertz CT molecular complexity index is 796. The number of nitrogens with two attached hydrogens (primary N) is 1. The summed E-state index contributed by atoms with van der Waals surface area (Å²) in [5.41, 5.74) is 7.51. The summed E-state index contributed by atoms with van der Waals surface area (Å²) in [6, 6.07) is 3.53. The highest BCUT2D eigenvalue weighted by Gasteiger charge is 2.57. The number of fused-ring (bicyclic) bond motifs is 1. The first-order valence-corrected chi connectivity index (χ1v) is 7.54. The van der Waals surface area contributed by atoms with Crippen molar-refractivity contribution in [1.82, 2.24) is 4.98 Å². The molecule has 140 valence electrons. The largest absolute Gasteiger partial charge is 0.444 e. The number of oxazole rings is 1. The SMILES string of the molecule is NC(CC(C(F)(F)F)C(F)(F)F)C1=Nc2ccc(-c3cnco3)cc2C1. The van der Waals surface area contributed by atoms with Crippen molar-refractivity contribution in [3.8, 4) is 11.3 Å². The third-order valence-corrected chi connectivity index (χ3v) is 4.14. The average Bonchev–Trinajstić information content (AvgIpc) is 3.18. The molecule has 1 aromatic heterocycles.